The van der Waals surface area contributed by atoms with E-state index in [0.29, 0.717) is 13.2 Å². The lowest BCUT2D eigenvalue weighted by atomic mass is 9.95. The third-order valence-corrected chi connectivity index (χ3v) is 4.36. The molecule has 3 heteroatoms. The van der Waals surface area contributed by atoms with Crippen LogP contribution in [0.3, 0.4) is 0 Å². The molecular formula is C16H23NO2. The second-order valence-corrected chi connectivity index (χ2v) is 5.74. The summed E-state index contributed by atoms with van der Waals surface area (Å²) in [5.41, 5.74) is 7.48. The van der Waals surface area contributed by atoms with Gasteiger partial charge < -0.3 is 15.2 Å². The van der Waals surface area contributed by atoms with Crippen molar-refractivity contribution in [2.45, 2.75) is 44.6 Å². The Kier molecular flexibility index (Phi) is 3.92. The summed E-state index contributed by atoms with van der Waals surface area (Å²) >= 11 is 0. The normalized spacial score (nSPS) is 20.5. The fraction of sp³-hybridized carbons (Fsp3) is 0.625. The van der Waals surface area contributed by atoms with E-state index in [-0.39, 0.29) is 6.04 Å². The Hall–Kier alpha value is -1.22. The lowest BCUT2D eigenvalue weighted by Crippen LogP contribution is -2.17. The monoisotopic (exact) mass is 261 g/mol. The number of hydrogen-bond donors (Lipinski definition) is 1. The van der Waals surface area contributed by atoms with Crippen molar-refractivity contribution in [3.05, 3.63) is 23.8 Å². The molecule has 1 saturated carbocycles. The van der Waals surface area contributed by atoms with Crippen molar-refractivity contribution in [3.8, 4) is 11.5 Å². The number of rotatable bonds is 4. The maximum atomic E-state index is 6.31. The van der Waals surface area contributed by atoms with E-state index in [2.05, 4.69) is 6.07 Å². The van der Waals surface area contributed by atoms with Crippen molar-refractivity contribution in [1.29, 1.82) is 0 Å². The van der Waals surface area contributed by atoms with Gasteiger partial charge in [-0.15, -0.1) is 0 Å². The highest BCUT2D eigenvalue weighted by Gasteiger charge is 2.18. The molecule has 0 saturated heterocycles. The van der Waals surface area contributed by atoms with Gasteiger partial charge in [0.05, 0.1) is 0 Å². The minimum Gasteiger partial charge on any atom is -0.486 e. The zero-order valence-electron chi connectivity index (χ0n) is 11.4. The molecule has 0 aromatic heterocycles. The number of hydrogen-bond acceptors (Lipinski definition) is 3. The molecule has 1 unspecified atom stereocenters. The van der Waals surface area contributed by atoms with Crippen LogP contribution in [0.15, 0.2) is 18.2 Å². The molecule has 0 radical (unpaired) electrons. The predicted octanol–water partition coefficient (Wildman–Crippen LogP) is 3.43. The molecular weight excluding hydrogens is 238 g/mol. The summed E-state index contributed by atoms with van der Waals surface area (Å²) in [6, 6.07) is 6.23. The molecule has 1 fully saturated rings. The molecule has 1 heterocycles. The van der Waals surface area contributed by atoms with E-state index in [0.717, 1.165) is 23.8 Å². The highest BCUT2D eigenvalue weighted by Crippen LogP contribution is 2.34. The summed E-state index contributed by atoms with van der Waals surface area (Å²) in [7, 11) is 0. The zero-order chi connectivity index (χ0) is 13.1. The van der Waals surface area contributed by atoms with Crippen LogP contribution in [-0.4, -0.2) is 13.2 Å². The van der Waals surface area contributed by atoms with E-state index < -0.39 is 0 Å². The topological polar surface area (TPSA) is 44.5 Å². The summed E-state index contributed by atoms with van der Waals surface area (Å²) in [5, 5.41) is 0. The van der Waals surface area contributed by atoms with Gasteiger partial charge in [-0.2, -0.15) is 0 Å². The molecule has 19 heavy (non-hydrogen) atoms. The van der Waals surface area contributed by atoms with Crippen LogP contribution < -0.4 is 15.2 Å². The molecule has 3 nitrogen and oxygen atoms in total. The first kappa shape index (κ1) is 12.8. The standard InChI is InChI=1S/C16H23NO2/c17-14(7-5-12-3-1-2-4-12)13-6-8-15-16(11-13)19-10-9-18-15/h6,8,11-12,14H,1-5,7,9-10,17H2. The number of fused-ring (bicyclic) bond motifs is 1. The molecule has 0 spiro atoms. The fourth-order valence-corrected chi connectivity index (χ4v) is 3.17. The molecule has 3 rings (SSSR count). The average Bonchev–Trinajstić information content (AvgIpc) is 2.97. The first-order chi connectivity index (χ1) is 9.33. The van der Waals surface area contributed by atoms with Crippen LogP contribution in [0.2, 0.25) is 0 Å². The summed E-state index contributed by atoms with van der Waals surface area (Å²) in [5.74, 6) is 2.60. The van der Waals surface area contributed by atoms with E-state index in [1.165, 1.54) is 37.7 Å². The van der Waals surface area contributed by atoms with E-state index in [1.807, 2.05) is 12.1 Å². The quantitative estimate of drug-likeness (QED) is 0.903. The minimum atomic E-state index is 0.122. The smallest absolute Gasteiger partial charge is 0.161 e. The van der Waals surface area contributed by atoms with Crippen LogP contribution in [0.1, 0.15) is 50.1 Å². The van der Waals surface area contributed by atoms with Gasteiger partial charge in [0.15, 0.2) is 11.5 Å². The maximum Gasteiger partial charge on any atom is 0.161 e. The second kappa shape index (κ2) is 5.83. The number of ether oxygens (including phenoxy) is 2. The first-order valence-electron chi connectivity index (χ1n) is 7.48. The Balaban J connectivity index is 1.60. The molecule has 1 aliphatic carbocycles. The highest BCUT2D eigenvalue weighted by molar-refractivity contribution is 5.44. The zero-order valence-corrected chi connectivity index (χ0v) is 11.4. The van der Waals surface area contributed by atoms with Crippen molar-refractivity contribution in [3.63, 3.8) is 0 Å². The lowest BCUT2D eigenvalue weighted by molar-refractivity contribution is 0.171. The van der Waals surface area contributed by atoms with Crippen molar-refractivity contribution < 1.29 is 9.47 Å². The highest BCUT2D eigenvalue weighted by atomic mass is 16.6. The summed E-state index contributed by atoms with van der Waals surface area (Å²) in [4.78, 5) is 0. The van der Waals surface area contributed by atoms with Gasteiger partial charge in [-0.25, -0.2) is 0 Å². The summed E-state index contributed by atoms with van der Waals surface area (Å²) < 4.78 is 11.1. The molecule has 104 valence electrons. The Morgan fingerprint density at radius 2 is 1.84 bits per heavy atom. The Bertz CT molecular complexity index is 427. The van der Waals surface area contributed by atoms with E-state index in [9.17, 15) is 0 Å². The number of benzene rings is 1. The lowest BCUT2D eigenvalue weighted by Gasteiger charge is -2.21. The van der Waals surface area contributed by atoms with Gasteiger partial charge in [0.25, 0.3) is 0 Å². The fourth-order valence-electron chi connectivity index (χ4n) is 3.17. The Morgan fingerprint density at radius 1 is 1.11 bits per heavy atom. The maximum absolute atomic E-state index is 6.31. The van der Waals surface area contributed by atoms with Gasteiger partial charge in [0, 0.05) is 6.04 Å². The largest absolute Gasteiger partial charge is 0.486 e. The SMILES string of the molecule is NC(CCC1CCCC1)c1ccc2c(c1)OCCO2. The number of nitrogens with two attached hydrogens (primary N) is 1. The molecule has 1 aliphatic heterocycles. The molecule has 0 amide bonds. The van der Waals surface area contributed by atoms with Crippen molar-refractivity contribution >= 4 is 0 Å². The van der Waals surface area contributed by atoms with E-state index >= 15 is 0 Å². The molecule has 2 N–H and O–H groups in total. The third kappa shape index (κ3) is 3.03. The van der Waals surface area contributed by atoms with Crippen LogP contribution >= 0.6 is 0 Å². The van der Waals surface area contributed by atoms with Gasteiger partial charge in [-0.3, -0.25) is 0 Å². The van der Waals surface area contributed by atoms with Crippen LogP contribution in [0, 0.1) is 5.92 Å². The average molecular weight is 261 g/mol. The van der Waals surface area contributed by atoms with Crippen LogP contribution in [0.25, 0.3) is 0 Å². The Morgan fingerprint density at radius 3 is 2.63 bits per heavy atom. The predicted molar refractivity (Wildman–Crippen MR) is 75.6 cm³/mol. The third-order valence-electron chi connectivity index (χ3n) is 4.36. The van der Waals surface area contributed by atoms with Gasteiger partial charge in [-0.1, -0.05) is 31.7 Å². The Labute approximate surface area is 115 Å². The summed E-state index contributed by atoms with van der Waals surface area (Å²) in [6.45, 7) is 1.27. The van der Waals surface area contributed by atoms with Gasteiger partial charge in [0.1, 0.15) is 13.2 Å². The van der Waals surface area contributed by atoms with Gasteiger partial charge in [-0.05, 0) is 36.5 Å². The molecule has 1 aromatic carbocycles. The molecule has 1 aromatic rings. The second-order valence-electron chi connectivity index (χ2n) is 5.74. The molecule has 0 bridgehead atoms. The van der Waals surface area contributed by atoms with Crippen molar-refractivity contribution in [2.24, 2.45) is 11.7 Å². The van der Waals surface area contributed by atoms with Crippen molar-refractivity contribution in [1.82, 2.24) is 0 Å². The molecule has 1 atom stereocenters. The first-order valence-corrected chi connectivity index (χ1v) is 7.48. The van der Waals surface area contributed by atoms with Gasteiger partial charge >= 0.3 is 0 Å². The minimum absolute atomic E-state index is 0.122. The van der Waals surface area contributed by atoms with E-state index in [4.69, 9.17) is 15.2 Å². The van der Waals surface area contributed by atoms with Crippen LogP contribution in [-0.2, 0) is 0 Å². The van der Waals surface area contributed by atoms with Crippen LogP contribution in [0.4, 0.5) is 0 Å². The molecule has 2 aliphatic rings. The van der Waals surface area contributed by atoms with E-state index in [1.54, 1.807) is 0 Å². The van der Waals surface area contributed by atoms with Gasteiger partial charge in [0.2, 0.25) is 0 Å². The summed E-state index contributed by atoms with van der Waals surface area (Å²) in [6.07, 6.45) is 7.94. The van der Waals surface area contributed by atoms with Crippen LogP contribution in [0.5, 0.6) is 11.5 Å². The van der Waals surface area contributed by atoms with Crippen molar-refractivity contribution in [2.75, 3.05) is 13.2 Å².